The Labute approximate surface area is 83.5 Å². The van der Waals surface area contributed by atoms with Crippen LogP contribution in [0.3, 0.4) is 0 Å². The van der Waals surface area contributed by atoms with E-state index in [2.05, 4.69) is 32.6 Å². The molecule has 0 aromatic rings. The van der Waals surface area contributed by atoms with Gasteiger partial charge in [-0.05, 0) is 38.4 Å². The maximum absolute atomic E-state index is 5.97. The Balaban J connectivity index is 3.43. The molecular formula is C11H26N2. The lowest BCUT2D eigenvalue weighted by molar-refractivity contribution is 0.287. The highest BCUT2D eigenvalue weighted by Gasteiger charge is 2.07. The first kappa shape index (κ1) is 12.9. The molecule has 0 aromatic heterocycles. The molecule has 0 aromatic carbocycles. The van der Waals surface area contributed by atoms with Gasteiger partial charge in [-0.25, -0.2) is 0 Å². The molecule has 2 nitrogen and oxygen atoms in total. The topological polar surface area (TPSA) is 29.3 Å². The van der Waals surface area contributed by atoms with Gasteiger partial charge in [0.25, 0.3) is 0 Å². The summed E-state index contributed by atoms with van der Waals surface area (Å²) in [6, 6.07) is 0.385. The molecule has 2 heteroatoms. The first-order valence-corrected chi connectivity index (χ1v) is 5.59. The van der Waals surface area contributed by atoms with E-state index in [0.29, 0.717) is 12.0 Å². The zero-order chi connectivity index (χ0) is 10.3. The Hall–Kier alpha value is -0.0800. The van der Waals surface area contributed by atoms with Crippen molar-refractivity contribution in [2.75, 3.05) is 19.6 Å². The fraction of sp³-hybridized carbons (Fsp3) is 1.00. The van der Waals surface area contributed by atoms with E-state index in [1.807, 2.05) is 0 Å². The summed E-state index contributed by atoms with van der Waals surface area (Å²) < 4.78 is 0. The molecule has 2 N–H and O–H groups in total. The summed E-state index contributed by atoms with van der Waals surface area (Å²) in [5, 5.41) is 0. The molecule has 0 aliphatic rings. The van der Waals surface area contributed by atoms with Gasteiger partial charge in [0, 0.05) is 6.04 Å². The molecule has 0 rings (SSSR count). The molecule has 0 radical (unpaired) electrons. The van der Waals surface area contributed by atoms with Crippen LogP contribution >= 0.6 is 0 Å². The second-order valence-corrected chi connectivity index (χ2v) is 4.08. The van der Waals surface area contributed by atoms with E-state index >= 15 is 0 Å². The van der Waals surface area contributed by atoms with Crippen LogP contribution in [0.15, 0.2) is 0 Å². The van der Waals surface area contributed by atoms with Crippen molar-refractivity contribution in [3.05, 3.63) is 0 Å². The van der Waals surface area contributed by atoms with Crippen LogP contribution in [-0.4, -0.2) is 30.6 Å². The molecule has 0 spiro atoms. The lowest BCUT2D eigenvalue weighted by Crippen LogP contribution is -2.29. The molecule has 0 saturated heterocycles. The maximum atomic E-state index is 5.97. The van der Waals surface area contributed by atoms with Crippen molar-refractivity contribution in [3.8, 4) is 0 Å². The Kier molecular flexibility index (Phi) is 7.29. The third-order valence-corrected chi connectivity index (χ3v) is 2.76. The van der Waals surface area contributed by atoms with Crippen LogP contribution in [0.1, 0.15) is 40.5 Å². The minimum absolute atomic E-state index is 0.385. The summed E-state index contributed by atoms with van der Waals surface area (Å²) in [6.45, 7) is 12.3. The van der Waals surface area contributed by atoms with Gasteiger partial charge in [-0.2, -0.15) is 0 Å². The fourth-order valence-electron chi connectivity index (χ4n) is 1.42. The lowest BCUT2D eigenvalue weighted by Gasteiger charge is -2.20. The Morgan fingerprint density at radius 3 is 2.08 bits per heavy atom. The van der Waals surface area contributed by atoms with Gasteiger partial charge in [-0.15, -0.1) is 0 Å². The van der Waals surface area contributed by atoms with E-state index < -0.39 is 0 Å². The Bertz CT molecular complexity index is 107. The Morgan fingerprint density at radius 1 is 1.15 bits per heavy atom. The number of hydrogen-bond donors (Lipinski definition) is 1. The van der Waals surface area contributed by atoms with E-state index in [4.69, 9.17) is 5.73 Å². The molecule has 0 saturated carbocycles. The van der Waals surface area contributed by atoms with Crippen LogP contribution in [0.25, 0.3) is 0 Å². The largest absolute Gasteiger partial charge is 0.327 e. The van der Waals surface area contributed by atoms with Gasteiger partial charge in [0.05, 0.1) is 0 Å². The van der Waals surface area contributed by atoms with Crippen LogP contribution in [-0.2, 0) is 0 Å². The average Bonchev–Trinajstić information content (AvgIpc) is 2.12. The van der Waals surface area contributed by atoms with Gasteiger partial charge in [0.2, 0.25) is 0 Å². The van der Waals surface area contributed by atoms with Crippen LogP contribution < -0.4 is 5.73 Å². The second-order valence-electron chi connectivity index (χ2n) is 4.08. The molecule has 1 unspecified atom stereocenters. The normalized spacial score (nSPS) is 14.1. The van der Waals surface area contributed by atoms with Crippen LogP contribution in [0.5, 0.6) is 0 Å². The SMILES string of the molecule is CCN(CC)CCCC(N)C(C)C. The number of rotatable bonds is 7. The predicted octanol–water partition coefficient (Wildman–Crippen LogP) is 2.09. The predicted molar refractivity (Wildman–Crippen MR) is 59.8 cm³/mol. The van der Waals surface area contributed by atoms with Gasteiger partial charge < -0.3 is 10.6 Å². The van der Waals surface area contributed by atoms with Crippen molar-refractivity contribution >= 4 is 0 Å². The van der Waals surface area contributed by atoms with Crippen LogP contribution in [0.4, 0.5) is 0 Å². The first-order valence-electron chi connectivity index (χ1n) is 5.59. The smallest absolute Gasteiger partial charge is 0.00623 e. The highest BCUT2D eigenvalue weighted by Crippen LogP contribution is 2.06. The van der Waals surface area contributed by atoms with Gasteiger partial charge in [0.1, 0.15) is 0 Å². The molecule has 0 aliphatic heterocycles. The van der Waals surface area contributed by atoms with Gasteiger partial charge in [-0.1, -0.05) is 27.7 Å². The third kappa shape index (κ3) is 6.05. The Morgan fingerprint density at radius 2 is 1.69 bits per heavy atom. The molecule has 0 fully saturated rings. The first-order chi connectivity index (χ1) is 6.11. The van der Waals surface area contributed by atoms with Crippen molar-refractivity contribution in [2.24, 2.45) is 11.7 Å². The lowest BCUT2D eigenvalue weighted by atomic mass is 10.0. The van der Waals surface area contributed by atoms with Crippen molar-refractivity contribution in [2.45, 2.75) is 46.6 Å². The van der Waals surface area contributed by atoms with Gasteiger partial charge >= 0.3 is 0 Å². The van der Waals surface area contributed by atoms with Crippen LogP contribution in [0, 0.1) is 5.92 Å². The summed E-state index contributed by atoms with van der Waals surface area (Å²) in [5.74, 6) is 0.622. The molecular weight excluding hydrogens is 160 g/mol. The van der Waals surface area contributed by atoms with Crippen molar-refractivity contribution < 1.29 is 0 Å². The van der Waals surface area contributed by atoms with Crippen molar-refractivity contribution in [3.63, 3.8) is 0 Å². The van der Waals surface area contributed by atoms with E-state index in [9.17, 15) is 0 Å². The van der Waals surface area contributed by atoms with Crippen LogP contribution in [0.2, 0.25) is 0 Å². The summed E-state index contributed by atoms with van der Waals surface area (Å²) >= 11 is 0. The second kappa shape index (κ2) is 7.34. The van der Waals surface area contributed by atoms with E-state index in [1.54, 1.807) is 0 Å². The van der Waals surface area contributed by atoms with Gasteiger partial charge in [0.15, 0.2) is 0 Å². The van der Waals surface area contributed by atoms with Crippen molar-refractivity contribution in [1.29, 1.82) is 0 Å². The standard InChI is InChI=1S/C11H26N2/c1-5-13(6-2)9-7-8-11(12)10(3)4/h10-11H,5-9,12H2,1-4H3. The zero-order valence-corrected chi connectivity index (χ0v) is 9.71. The highest BCUT2D eigenvalue weighted by molar-refractivity contribution is 4.66. The summed E-state index contributed by atoms with van der Waals surface area (Å²) in [7, 11) is 0. The van der Waals surface area contributed by atoms with E-state index in [-0.39, 0.29) is 0 Å². The number of hydrogen-bond acceptors (Lipinski definition) is 2. The quantitative estimate of drug-likeness (QED) is 0.659. The van der Waals surface area contributed by atoms with E-state index in [0.717, 1.165) is 19.5 Å². The molecule has 0 heterocycles. The number of nitrogens with two attached hydrogens (primary N) is 1. The average molecular weight is 186 g/mol. The molecule has 0 aliphatic carbocycles. The number of nitrogens with zero attached hydrogens (tertiary/aromatic N) is 1. The summed E-state index contributed by atoms with van der Waals surface area (Å²) in [5.41, 5.74) is 5.97. The third-order valence-electron chi connectivity index (χ3n) is 2.76. The van der Waals surface area contributed by atoms with E-state index in [1.165, 1.54) is 13.0 Å². The summed E-state index contributed by atoms with van der Waals surface area (Å²) in [4.78, 5) is 2.45. The zero-order valence-electron chi connectivity index (χ0n) is 9.71. The minimum atomic E-state index is 0.385. The minimum Gasteiger partial charge on any atom is -0.327 e. The molecule has 13 heavy (non-hydrogen) atoms. The highest BCUT2D eigenvalue weighted by atomic mass is 15.1. The maximum Gasteiger partial charge on any atom is 0.00623 e. The van der Waals surface area contributed by atoms with Crippen molar-refractivity contribution in [1.82, 2.24) is 4.90 Å². The monoisotopic (exact) mass is 186 g/mol. The fourth-order valence-corrected chi connectivity index (χ4v) is 1.42. The molecule has 0 amide bonds. The molecule has 1 atom stereocenters. The molecule has 80 valence electrons. The van der Waals surface area contributed by atoms with Gasteiger partial charge in [-0.3, -0.25) is 0 Å². The molecule has 0 bridgehead atoms. The summed E-state index contributed by atoms with van der Waals surface area (Å²) in [6.07, 6.45) is 2.40.